The van der Waals surface area contributed by atoms with Gasteiger partial charge in [0.2, 0.25) is 0 Å². The zero-order valence-electron chi connectivity index (χ0n) is 13.9. The van der Waals surface area contributed by atoms with Crippen LogP contribution in [0.2, 0.25) is 0 Å². The lowest BCUT2D eigenvalue weighted by molar-refractivity contribution is 0.166. The summed E-state index contributed by atoms with van der Waals surface area (Å²) in [5, 5.41) is 7.32. The van der Waals surface area contributed by atoms with Gasteiger partial charge < -0.3 is 4.90 Å². The predicted molar refractivity (Wildman–Crippen MR) is 87.8 cm³/mol. The molecule has 3 heterocycles. The van der Waals surface area contributed by atoms with Gasteiger partial charge >= 0.3 is 0 Å². The summed E-state index contributed by atoms with van der Waals surface area (Å²) in [7, 11) is 0. The number of aromatic nitrogens is 4. The second kappa shape index (κ2) is 6.16. The van der Waals surface area contributed by atoms with E-state index in [9.17, 15) is 0 Å². The number of H-pyrrole nitrogens is 1. The number of piperidine rings is 1. The van der Waals surface area contributed by atoms with Crippen molar-refractivity contribution in [1.29, 1.82) is 0 Å². The van der Waals surface area contributed by atoms with E-state index in [1.165, 1.54) is 19.4 Å². The summed E-state index contributed by atoms with van der Waals surface area (Å²) in [5.41, 5.74) is 4.04. The molecule has 0 unspecified atom stereocenters. The number of aromatic amines is 1. The predicted octanol–water partition coefficient (Wildman–Crippen LogP) is 3.07. The third-order valence-electron chi connectivity index (χ3n) is 4.43. The number of nitrogens with one attached hydrogen (secondary N) is 1. The molecule has 2 aromatic heterocycles. The first-order chi connectivity index (χ1) is 10.5. The first-order valence-corrected chi connectivity index (χ1v) is 8.15. The summed E-state index contributed by atoms with van der Waals surface area (Å²) in [5.74, 6) is 1.33. The molecule has 5 heteroatoms. The molecule has 0 aromatic carbocycles. The maximum atomic E-state index is 4.71. The van der Waals surface area contributed by atoms with Gasteiger partial charge in [-0.2, -0.15) is 5.10 Å². The minimum atomic E-state index is 0.497. The topological polar surface area (TPSA) is 57.7 Å². The monoisotopic (exact) mass is 299 g/mol. The van der Waals surface area contributed by atoms with Crippen molar-refractivity contribution in [3.63, 3.8) is 0 Å². The highest BCUT2D eigenvalue weighted by Crippen LogP contribution is 2.28. The van der Waals surface area contributed by atoms with E-state index in [1.807, 2.05) is 19.9 Å². The van der Waals surface area contributed by atoms with Crippen molar-refractivity contribution in [1.82, 2.24) is 25.1 Å². The van der Waals surface area contributed by atoms with E-state index in [4.69, 9.17) is 4.98 Å². The van der Waals surface area contributed by atoms with Crippen molar-refractivity contribution in [2.45, 2.75) is 52.5 Å². The zero-order chi connectivity index (χ0) is 15.7. The molecular formula is C17H25N5. The number of nitrogens with zero attached hydrogens (tertiary/aromatic N) is 4. The molecule has 1 fully saturated rings. The lowest BCUT2D eigenvalue weighted by Crippen LogP contribution is -2.39. The van der Waals surface area contributed by atoms with Crippen molar-refractivity contribution < 1.29 is 0 Å². The number of hydrogen-bond donors (Lipinski definition) is 1. The van der Waals surface area contributed by atoms with E-state index in [2.05, 4.69) is 40.0 Å². The van der Waals surface area contributed by atoms with Crippen molar-refractivity contribution in [2.24, 2.45) is 0 Å². The van der Waals surface area contributed by atoms with Gasteiger partial charge in [0, 0.05) is 29.9 Å². The summed E-state index contributed by atoms with van der Waals surface area (Å²) in [6.45, 7) is 10.8. The molecule has 0 spiro atoms. The molecule has 0 saturated carbocycles. The smallest absolute Gasteiger partial charge is 0.126 e. The Morgan fingerprint density at radius 1 is 1.18 bits per heavy atom. The van der Waals surface area contributed by atoms with Gasteiger partial charge in [0.25, 0.3) is 0 Å². The quantitative estimate of drug-likeness (QED) is 0.946. The van der Waals surface area contributed by atoms with Crippen molar-refractivity contribution in [3.05, 3.63) is 29.3 Å². The molecular weight excluding hydrogens is 274 g/mol. The van der Waals surface area contributed by atoms with E-state index >= 15 is 0 Å². The van der Waals surface area contributed by atoms with Crippen molar-refractivity contribution in [2.75, 3.05) is 13.1 Å². The molecule has 1 N–H and O–H groups in total. The highest BCUT2D eigenvalue weighted by molar-refractivity contribution is 5.54. The average molecular weight is 299 g/mol. The van der Waals surface area contributed by atoms with Crippen LogP contribution in [0.3, 0.4) is 0 Å². The summed E-state index contributed by atoms with van der Waals surface area (Å²) in [4.78, 5) is 11.8. The maximum absolute atomic E-state index is 4.71. The lowest BCUT2D eigenvalue weighted by Gasteiger charge is -2.35. The van der Waals surface area contributed by atoms with E-state index in [0.29, 0.717) is 12.0 Å². The number of hydrogen-bond acceptors (Lipinski definition) is 4. The van der Waals surface area contributed by atoms with E-state index in [1.54, 1.807) is 0 Å². The Labute approximate surface area is 132 Å². The van der Waals surface area contributed by atoms with Gasteiger partial charge in [-0.05, 0) is 59.2 Å². The average Bonchev–Trinajstić information content (AvgIpc) is 2.93. The van der Waals surface area contributed by atoms with Gasteiger partial charge in [-0.1, -0.05) is 0 Å². The fourth-order valence-corrected chi connectivity index (χ4v) is 3.20. The Morgan fingerprint density at radius 2 is 2.00 bits per heavy atom. The lowest BCUT2D eigenvalue weighted by atomic mass is 9.93. The van der Waals surface area contributed by atoms with E-state index < -0.39 is 0 Å². The number of rotatable bonds is 3. The van der Waals surface area contributed by atoms with Gasteiger partial charge in [-0.25, -0.2) is 9.97 Å². The Balaban J connectivity index is 1.89. The molecule has 1 aliphatic rings. The van der Waals surface area contributed by atoms with Crippen LogP contribution in [0.25, 0.3) is 11.4 Å². The van der Waals surface area contributed by atoms with Crippen molar-refractivity contribution in [3.8, 4) is 11.4 Å². The van der Waals surface area contributed by atoms with Crippen molar-refractivity contribution >= 4 is 0 Å². The fourth-order valence-electron chi connectivity index (χ4n) is 3.20. The molecule has 2 aromatic rings. The second-order valence-electron chi connectivity index (χ2n) is 6.59. The summed E-state index contributed by atoms with van der Waals surface area (Å²) in [6.07, 6.45) is 2.45. The van der Waals surface area contributed by atoms with Crippen LogP contribution in [0, 0.1) is 13.8 Å². The van der Waals surface area contributed by atoms with Crippen LogP contribution in [0.15, 0.2) is 12.1 Å². The molecule has 1 aliphatic heterocycles. The van der Waals surface area contributed by atoms with Crippen LogP contribution >= 0.6 is 0 Å². The van der Waals surface area contributed by atoms with Crippen LogP contribution in [0.1, 0.15) is 49.8 Å². The molecule has 0 amide bonds. The largest absolute Gasteiger partial charge is 0.300 e. The van der Waals surface area contributed by atoms with Gasteiger partial charge in [-0.3, -0.25) is 5.10 Å². The van der Waals surface area contributed by atoms with E-state index in [0.717, 1.165) is 35.1 Å². The normalized spacial score (nSPS) is 19.8. The summed E-state index contributed by atoms with van der Waals surface area (Å²) < 4.78 is 0. The number of aryl methyl sites for hydroxylation is 2. The molecule has 1 saturated heterocycles. The first kappa shape index (κ1) is 15.2. The fraction of sp³-hybridized carbons (Fsp3) is 0.588. The van der Waals surface area contributed by atoms with Gasteiger partial charge in [0.15, 0.2) is 0 Å². The molecule has 1 atom stereocenters. The maximum Gasteiger partial charge on any atom is 0.126 e. The highest BCUT2D eigenvalue weighted by atomic mass is 15.2. The standard InChI is InChI=1S/C17H25N5/c1-11(2)22-7-5-6-14(10-22)15-9-16(19-13(4)18-15)17-8-12(3)20-21-17/h8-9,11,14H,5-7,10H2,1-4H3,(H,20,21)/t14-/m1/s1. The molecule has 0 radical (unpaired) electrons. The summed E-state index contributed by atoms with van der Waals surface area (Å²) >= 11 is 0. The number of likely N-dealkylation sites (tertiary alicyclic amines) is 1. The molecule has 0 bridgehead atoms. The Bertz CT molecular complexity index is 646. The third-order valence-corrected chi connectivity index (χ3v) is 4.43. The Kier molecular flexibility index (Phi) is 4.25. The van der Waals surface area contributed by atoms with Gasteiger partial charge in [0.1, 0.15) is 11.5 Å². The molecule has 3 rings (SSSR count). The van der Waals surface area contributed by atoms with Crippen LogP contribution in [0.4, 0.5) is 0 Å². The highest BCUT2D eigenvalue weighted by Gasteiger charge is 2.24. The second-order valence-corrected chi connectivity index (χ2v) is 6.59. The SMILES string of the molecule is Cc1nc(-c2cc(C)[nH]n2)cc([C@@H]2CCCN(C(C)C)C2)n1. The Hall–Kier alpha value is -1.75. The summed E-state index contributed by atoms with van der Waals surface area (Å²) in [6, 6.07) is 4.75. The Morgan fingerprint density at radius 3 is 2.68 bits per heavy atom. The third kappa shape index (κ3) is 3.19. The van der Waals surface area contributed by atoms with Gasteiger partial charge in [-0.15, -0.1) is 0 Å². The van der Waals surface area contributed by atoms with Crippen LogP contribution in [-0.4, -0.2) is 44.2 Å². The zero-order valence-corrected chi connectivity index (χ0v) is 13.9. The van der Waals surface area contributed by atoms with Crippen LogP contribution in [-0.2, 0) is 0 Å². The van der Waals surface area contributed by atoms with E-state index in [-0.39, 0.29) is 0 Å². The van der Waals surface area contributed by atoms with Gasteiger partial charge in [0.05, 0.1) is 5.69 Å². The minimum absolute atomic E-state index is 0.497. The van der Waals surface area contributed by atoms with Crippen LogP contribution in [0.5, 0.6) is 0 Å². The van der Waals surface area contributed by atoms with Crippen LogP contribution < -0.4 is 0 Å². The molecule has 118 valence electrons. The molecule has 0 aliphatic carbocycles. The minimum Gasteiger partial charge on any atom is -0.300 e. The molecule has 5 nitrogen and oxygen atoms in total. The molecule has 22 heavy (non-hydrogen) atoms. The first-order valence-electron chi connectivity index (χ1n) is 8.15.